The van der Waals surface area contributed by atoms with E-state index in [1.165, 1.54) is 10.5 Å². The number of benzene rings is 3. The number of nitrogens with zero attached hydrogens (tertiary/aromatic N) is 3. The Balaban J connectivity index is 1.25. The van der Waals surface area contributed by atoms with Gasteiger partial charge < -0.3 is 9.64 Å². The van der Waals surface area contributed by atoms with Crippen LogP contribution in [0.2, 0.25) is 0 Å². The average molecular weight is 512 g/mol. The molecule has 37 heavy (non-hydrogen) atoms. The topological polar surface area (TPSA) is 79.8 Å². The Morgan fingerprint density at radius 1 is 1.05 bits per heavy atom. The van der Waals surface area contributed by atoms with Crippen LogP contribution in [0.4, 0.5) is 5.69 Å². The molecule has 2 aliphatic rings. The van der Waals surface area contributed by atoms with Crippen molar-refractivity contribution in [2.45, 2.75) is 38.3 Å². The van der Waals surface area contributed by atoms with E-state index in [4.69, 9.17) is 9.72 Å². The molecule has 0 N–H and O–H groups in total. The first kappa shape index (κ1) is 23.4. The van der Waals surface area contributed by atoms with Gasteiger partial charge >= 0.3 is 0 Å². The van der Waals surface area contributed by atoms with E-state index in [2.05, 4.69) is 13.0 Å². The second kappa shape index (κ2) is 9.12. The van der Waals surface area contributed by atoms with Gasteiger partial charge in [-0.05, 0) is 79.9 Å². The summed E-state index contributed by atoms with van der Waals surface area (Å²) in [5.41, 5.74) is 4.00. The van der Waals surface area contributed by atoms with E-state index in [9.17, 15) is 14.4 Å². The van der Waals surface area contributed by atoms with Crippen LogP contribution in [0, 0.1) is 6.92 Å². The minimum Gasteiger partial charge on any atom is -0.497 e. The first-order valence-corrected chi connectivity index (χ1v) is 13.1. The molecule has 1 aromatic heterocycles. The Labute approximate surface area is 218 Å². The zero-order chi connectivity index (χ0) is 25.7. The molecule has 1 atom stereocenters. The Morgan fingerprint density at radius 2 is 1.84 bits per heavy atom. The number of anilines is 1. The van der Waals surface area contributed by atoms with Crippen LogP contribution in [0.15, 0.2) is 66.7 Å². The highest BCUT2D eigenvalue weighted by molar-refractivity contribution is 7.21. The standard InChI is InChI=1S/C29H25N3O4S/c1-17-6-13-23-25(14-17)37-27(30-23)18-7-9-21(10-8-18)32-26(33)16-24(29(32)35)31(20-11-12-20)28(34)19-4-3-5-22(15-19)36-2/h3-10,13-15,20,24H,11-12,16H2,1-2H3. The monoisotopic (exact) mass is 511 g/mol. The fraction of sp³-hybridized carbons (Fsp3) is 0.241. The lowest BCUT2D eigenvalue weighted by molar-refractivity contribution is -0.122. The maximum atomic E-state index is 13.5. The summed E-state index contributed by atoms with van der Waals surface area (Å²) in [4.78, 5) is 47.6. The third-order valence-electron chi connectivity index (χ3n) is 6.87. The second-order valence-corrected chi connectivity index (χ2v) is 10.5. The fourth-order valence-corrected chi connectivity index (χ4v) is 5.90. The summed E-state index contributed by atoms with van der Waals surface area (Å²) in [6.45, 7) is 2.06. The summed E-state index contributed by atoms with van der Waals surface area (Å²) < 4.78 is 6.38. The van der Waals surface area contributed by atoms with Crippen molar-refractivity contribution in [3.8, 4) is 16.3 Å². The van der Waals surface area contributed by atoms with Gasteiger partial charge in [0.1, 0.15) is 16.8 Å². The van der Waals surface area contributed by atoms with Crippen LogP contribution in [-0.4, -0.2) is 46.8 Å². The Kier molecular flexibility index (Phi) is 5.76. The molecular formula is C29H25N3O4S. The third kappa shape index (κ3) is 4.27. The first-order chi connectivity index (χ1) is 17.9. The maximum Gasteiger partial charge on any atom is 0.257 e. The van der Waals surface area contributed by atoms with Gasteiger partial charge in [0.15, 0.2) is 0 Å². The minimum absolute atomic E-state index is 0.0238. The number of fused-ring (bicyclic) bond motifs is 1. The van der Waals surface area contributed by atoms with Gasteiger partial charge in [-0.2, -0.15) is 0 Å². The number of imide groups is 1. The van der Waals surface area contributed by atoms with Gasteiger partial charge in [-0.15, -0.1) is 11.3 Å². The van der Waals surface area contributed by atoms with Gasteiger partial charge in [0.25, 0.3) is 11.8 Å². The average Bonchev–Trinajstić information content (AvgIpc) is 3.58. The number of thiazole rings is 1. The summed E-state index contributed by atoms with van der Waals surface area (Å²) >= 11 is 1.61. The number of methoxy groups -OCH3 is 1. The number of hydrogen-bond acceptors (Lipinski definition) is 6. The molecule has 7 nitrogen and oxygen atoms in total. The van der Waals surface area contributed by atoms with Crippen molar-refractivity contribution in [1.82, 2.24) is 9.88 Å². The molecule has 0 radical (unpaired) electrons. The highest BCUT2D eigenvalue weighted by Gasteiger charge is 2.49. The molecule has 0 bridgehead atoms. The third-order valence-corrected chi connectivity index (χ3v) is 7.93. The van der Waals surface area contributed by atoms with E-state index < -0.39 is 6.04 Å². The van der Waals surface area contributed by atoms with Crippen LogP contribution in [0.3, 0.4) is 0 Å². The van der Waals surface area contributed by atoms with Crippen molar-refractivity contribution in [1.29, 1.82) is 0 Å². The van der Waals surface area contributed by atoms with E-state index in [0.29, 0.717) is 17.0 Å². The molecule has 2 heterocycles. The number of carbonyl (C=O) groups is 3. The number of aromatic nitrogens is 1. The molecule has 1 saturated carbocycles. The molecule has 4 aromatic rings. The van der Waals surface area contributed by atoms with Crippen molar-refractivity contribution < 1.29 is 19.1 Å². The van der Waals surface area contributed by atoms with Gasteiger partial charge in [0, 0.05) is 17.2 Å². The quantitative estimate of drug-likeness (QED) is 0.332. The van der Waals surface area contributed by atoms with E-state index in [1.54, 1.807) is 59.7 Å². The number of aryl methyl sites for hydroxylation is 1. The molecule has 1 unspecified atom stereocenters. The SMILES string of the molecule is COc1cccc(C(=O)N(C2CC2)C2CC(=O)N(c3ccc(-c4nc5ccc(C)cc5s4)cc3)C2=O)c1. The molecule has 186 valence electrons. The smallest absolute Gasteiger partial charge is 0.257 e. The van der Waals surface area contributed by atoms with Crippen molar-refractivity contribution in [3.63, 3.8) is 0 Å². The molecule has 1 saturated heterocycles. The van der Waals surface area contributed by atoms with Crippen LogP contribution < -0.4 is 9.64 Å². The molecule has 6 rings (SSSR count). The predicted octanol–water partition coefficient (Wildman–Crippen LogP) is 5.22. The molecular weight excluding hydrogens is 486 g/mol. The van der Waals surface area contributed by atoms with Gasteiger partial charge in [-0.25, -0.2) is 9.88 Å². The molecule has 3 aromatic carbocycles. The lowest BCUT2D eigenvalue weighted by Crippen LogP contribution is -2.46. The van der Waals surface area contributed by atoms with Crippen molar-refractivity contribution in [2.75, 3.05) is 12.0 Å². The number of carbonyl (C=O) groups excluding carboxylic acids is 3. The van der Waals surface area contributed by atoms with Gasteiger partial charge in [0.2, 0.25) is 5.91 Å². The van der Waals surface area contributed by atoms with Crippen LogP contribution in [0.1, 0.15) is 35.2 Å². The fourth-order valence-electron chi connectivity index (χ4n) is 4.83. The molecule has 8 heteroatoms. The number of hydrogen-bond donors (Lipinski definition) is 0. The Bertz CT molecular complexity index is 1540. The molecule has 2 fully saturated rings. The van der Waals surface area contributed by atoms with Crippen LogP contribution in [-0.2, 0) is 9.59 Å². The van der Waals surface area contributed by atoms with E-state index >= 15 is 0 Å². The number of rotatable bonds is 6. The van der Waals surface area contributed by atoms with E-state index in [-0.39, 0.29) is 30.2 Å². The van der Waals surface area contributed by atoms with Crippen molar-refractivity contribution >= 4 is 45.0 Å². The van der Waals surface area contributed by atoms with Gasteiger partial charge in [-0.1, -0.05) is 12.1 Å². The Morgan fingerprint density at radius 3 is 2.57 bits per heavy atom. The summed E-state index contributed by atoms with van der Waals surface area (Å²) in [6, 6.07) is 19.5. The summed E-state index contributed by atoms with van der Waals surface area (Å²) in [6.07, 6.45) is 1.62. The molecule has 1 aliphatic heterocycles. The summed E-state index contributed by atoms with van der Waals surface area (Å²) in [5.74, 6) is -0.352. The zero-order valence-electron chi connectivity index (χ0n) is 20.5. The zero-order valence-corrected chi connectivity index (χ0v) is 21.3. The first-order valence-electron chi connectivity index (χ1n) is 12.2. The normalized spacial score (nSPS) is 17.5. The lowest BCUT2D eigenvalue weighted by Gasteiger charge is -2.28. The molecule has 1 aliphatic carbocycles. The Hall–Kier alpha value is -4.04. The molecule has 3 amide bonds. The highest BCUT2D eigenvalue weighted by atomic mass is 32.1. The maximum absolute atomic E-state index is 13.5. The van der Waals surface area contributed by atoms with E-state index in [1.807, 2.05) is 24.3 Å². The minimum atomic E-state index is -0.814. The summed E-state index contributed by atoms with van der Waals surface area (Å²) in [7, 11) is 1.54. The molecule has 0 spiro atoms. The van der Waals surface area contributed by atoms with E-state index in [0.717, 1.165) is 33.6 Å². The van der Waals surface area contributed by atoms with Crippen molar-refractivity contribution in [2.24, 2.45) is 0 Å². The predicted molar refractivity (Wildman–Crippen MR) is 143 cm³/mol. The van der Waals surface area contributed by atoms with Gasteiger partial charge in [0.05, 0.1) is 29.4 Å². The van der Waals surface area contributed by atoms with Crippen LogP contribution >= 0.6 is 11.3 Å². The highest BCUT2D eigenvalue weighted by Crippen LogP contribution is 2.37. The van der Waals surface area contributed by atoms with Crippen LogP contribution in [0.5, 0.6) is 5.75 Å². The van der Waals surface area contributed by atoms with Crippen LogP contribution in [0.25, 0.3) is 20.8 Å². The number of ether oxygens (including phenoxy) is 1. The lowest BCUT2D eigenvalue weighted by atomic mass is 10.1. The largest absolute Gasteiger partial charge is 0.497 e. The van der Waals surface area contributed by atoms with Gasteiger partial charge in [-0.3, -0.25) is 14.4 Å². The summed E-state index contributed by atoms with van der Waals surface area (Å²) in [5, 5.41) is 0.882. The second-order valence-electron chi connectivity index (χ2n) is 9.50. The number of amides is 3. The van der Waals surface area contributed by atoms with Crippen molar-refractivity contribution in [3.05, 3.63) is 77.9 Å².